The van der Waals surface area contributed by atoms with Crippen molar-refractivity contribution in [3.8, 4) is 0 Å². The quantitative estimate of drug-likeness (QED) is 0.890. The summed E-state index contributed by atoms with van der Waals surface area (Å²) in [6, 6.07) is 3.80. The van der Waals surface area contributed by atoms with Crippen molar-refractivity contribution < 1.29 is 4.42 Å². The van der Waals surface area contributed by atoms with Crippen molar-refractivity contribution in [3.05, 3.63) is 28.6 Å². The molecule has 0 bridgehead atoms. The second-order valence-corrected chi connectivity index (χ2v) is 4.71. The molecule has 1 aromatic heterocycles. The highest BCUT2D eigenvalue weighted by molar-refractivity contribution is 6.31. The van der Waals surface area contributed by atoms with E-state index in [4.69, 9.17) is 16.0 Å². The molecule has 1 N–H and O–H groups in total. The molecular weight excluding hydrogens is 224 g/mol. The fourth-order valence-electron chi connectivity index (χ4n) is 1.91. The van der Waals surface area contributed by atoms with E-state index in [0.717, 1.165) is 29.1 Å². The molecule has 1 fully saturated rings. The summed E-state index contributed by atoms with van der Waals surface area (Å²) in [7, 11) is 1.91. The summed E-state index contributed by atoms with van der Waals surface area (Å²) in [5.41, 5.74) is 2.82. The summed E-state index contributed by atoms with van der Waals surface area (Å²) in [5, 5.41) is 3.83. The van der Waals surface area contributed by atoms with E-state index >= 15 is 0 Å². The Morgan fingerprint density at radius 3 is 3.00 bits per heavy atom. The van der Waals surface area contributed by atoms with Crippen LogP contribution in [0.4, 0.5) is 0 Å². The van der Waals surface area contributed by atoms with Gasteiger partial charge in [-0.1, -0.05) is 11.6 Å². The Balaban J connectivity index is 2.15. The Kier molecular flexibility index (Phi) is 2.37. The zero-order chi connectivity index (χ0) is 11.1. The molecule has 16 heavy (non-hydrogen) atoms. The van der Waals surface area contributed by atoms with Crippen LogP contribution in [0, 0.1) is 0 Å². The maximum atomic E-state index is 6.05. The predicted octanol–water partition coefficient (Wildman–Crippen LogP) is 3.08. The largest absolute Gasteiger partial charge is 0.440 e. The van der Waals surface area contributed by atoms with Crippen LogP contribution in [0.15, 0.2) is 16.5 Å². The minimum absolute atomic E-state index is 0.536. The second-order valence-electron chi connectivity index (χ2n) is 4.27. The van der Waals surface area contributed by atoms with E-state index in [-0.39, 0.29) is 0 Å². The van der Waals surface area contributed by atoms with Crippen LogP contribution in [-0.2, 0) is 6.54 Å². The molecule has 0 radical (unpaired) electrons. The van der Waals surface area contributed by atoms with Crippen molar-refractivity contribution in [1.82, 2.24) is 10.3 Å². The number of halogens is 1. The average molecular weight is 237 g/mol. The van der Waals surface area contributed by atoms with Crippen molar-refractivity contribution >= 4 is 22.7 Å². The van der Waals surface area contributed by atoms with Gasteiger partial charge in [-0.15, -0.1) is 0 Å². The zero-order valence-electron chi connectivity index (χ0n) is 9.09. The summed E-state index contributed by atoms with van der Waals surface area (Å²) in [6.07, 6.45) is 2.39. The van der Waals surface area contributed by atoms with Crippen LogP contribution in [0.5, 0.6) is 0 Å². The van der Waals surface area contributed by atoms with Gasteiger partial charge in [0.2, 0.25) is 0 Å². The van der Waals surface area contributed by atoms with E-state index in [2.05, 4.69) is 10.3 Å². The predicted molar refractivity (Wildman–Crippen MR) is 63.8 cm³/mol. The fraction of sp³-hybridized carbons (Fsp3) is 0.417. The van der Waals surface area contributed by atoms with Crippen LogP contribution in [-0.4, -0.2) is 12.0 Å². The van der Waals surface area contributed by atoms with Crippen molar-refractivity contribution in [2.45, 2.75) is 25.3 Å². The highest BCUT2D eigenvalue weighted by Gasteiger charge is 2.29. The summed E-state index contributed by atoms with van der Waals surface area (Å²) < 4.78 is 5.82. The van der Waals surface area contributed by atoms with Gasteiger partial charge in [-0.2, -0.15) is 0 Å². The fourth-order valence-corrected chi connectivity index (χ4v) is 2.14. The molecule has 0 spiro atoms. The van der Waals surface area contributed by atoms with Crippen molar-refractivity contribution in [2.75, 3.05) is 7.05 Å². The van der Waals surface area contributed by atoms with Crippen LogP contribution in [0.1, 0.15) is 30.2 Å². The second kappa shape index (κ2) is 3.75. The minimum atomic E-state index is 0.536. The molecule has 3 rings (SSSR count). The molecule has 1 heterocycles. The number of nitrogens with one attached hydrogen (secondary N) is 1. The molecule has 0 amide bonds. The lowest BCUT2D eigenvalue weighted by molar-refractivity contribution is 0.529. The summed E-state index contributed by atoms with van der Waals surface area (Å²) in [5.74, 6) is 1.41. The first-order chi connectivity index (χ1) is 7.78. The van der Waals surface area contributed by atoms with E-state index in [1.807, 2.05) is 19.2 Å². The van der Waals surface area contributed by atoms with E-state index in [1.54, 1.807) is 0 Å². The van der Waals surface area contributed by atoms with Gasteiger partial charge in [-0.05, 0) is 32.0 Å². The molecule has 0 saturated heterocycles. The van der Waals surface area contributed by atoms with Gasteiger partial charge in [-0.25, -0.2) is 4.98 Å². The number of nitrogens with zero attached hydrogens (tertiary/aromatic N) is 1. The van der Waals surface area contributed by atoms with Crippen LogP contribution in [0.3, 0.4) is 0 Å². The van der Waals surface area contributed by atoms with Gasteiger partial charge in [0.25, 0.3) is 0 Å². The summed E-state index contributed by atoms with van der Waals surface area (Å²) in [4.78, 5) is 4.50. The van der Waals surface area contributed by atoms with Crippen molar-refractivity contribution in [1.29, 1.82) is 0 Å². The molecule has 84 valence electrons. The molecule has 1 aromatic carbocycles. The third kappa shape index (κ3) is 1.70. The molecule has 1 saturated carbocycles. The smallest absolute Gasteiger partial charge is 0.198 e. The SMILES string of the molecule is CNCc1cc(Cl)cc2nc(C3CC3)oc12. The van der Waals surface area contributed by atoms with Gasteiger partial charge in [0.15, 0.2) is 11.5 Å². The third-order valence-corrected chi connectivity index (χ3v) is 3.06. The average Bonchev–Trinajstić information content (AvgIpc) is 3.00. The molecular formula is C12H13ClN2O. The minimum Gasteiger partial charge on any atom is -0.440 e. The molecule has 0 unspecified atom stereocenters. The highest BCUT2D eigenvalue weighted by atomic mass is 35.5. The first-order valence-electron chi connectivity index (χ1n) is 5.51. The Morgan fingerprint density at radius 1 is 1.50 bits per heavy atom. The highest BCUT2D eigenvalue weighted by Crippen LogP contribution is 2.41. The zero-order valence-corrected chi connectivity index (χ0v) is 9.84. The topological polar surface area (TPSA) is 38.1 Å². The Hall–Kier alpha value is -1.06. The maximum absolute atomic E-state index is 6.05. The third-order valence-electron chi connectivity index (χ3n) is 2.84. The molecule has 1 aliphatic carbocycles. The Bertz CT molecular complexity index is 531. The lowest BCUT2D eigenvalue weighted by Crippen LogP contribution is -2.05. The van der Waals surface area contributed by atoms with Gasteiger partial charge in [0, 0.05) is 23.0 Å². The number of aromatic nitrogens is 1. The normalized spacial score (nSPS) is 15.9. The molecule has 3 nitrogen and oxygen atoms in total. The van der Waals surface area contributed by atoms with Gasteiger partial charge in [-0.3, -0.25) is 0 Å². The van der Waals surface area contributed by atoms with E-state index in [1.165, 1.54) is 12.8 Å². The van der Waals surface area contributed by atoms with Gasteiger partial charge in [0.05, 0.1) is 0 Å². The van der Waals surface area contributed by atoms with Crippen molar-refractivity contribution in [2.24, 2.45) is 0 Å². The van der Waals surface area contributed by atoms with E-state index < -0.39 is 0 Å². The molecule has 1 aliphatic rings. The molecule has 2 aromatic rings. The number of rotatable bonds is 3. The van der Waals surface area contributed by atoms with E-state index in [9.17, 15) is 0 Å². The van der Waals surface area contributed by atoms with Gasteiger partial charge >= 0.3 is 0 Å². The van der Waals surface area contributed by atoms with Gasteiger partial charge in [0.1, 0.15) is 5.52 Å². The number of oxazole rings is 1. The summed E-state index contributed by atoms with van der Waals surface area (Å²) >= 11 is 6.05. The first-order valence-corrected chi connectivity index (χ1v) is 5.89. The number of fused-ring (bicyclic) bond motifs is 1. The lowest BCUT2D eigenvalue weighted by Gasteiger charge is -2.00. The van der Waals surface area contributed by atoms with Crippen molar-refractivity contribution in [3.63, 3.8) is 0 Å². The number of hydrogen-bond donors (Lipinski definition) is 1. The van der Waals surface area contributed by atoms with Crippen LogP contribution in [0.2, 0.25) is 5.02 Å². The van der Waals surface area contributed by atoms with Gasteiger partial charge < -0.3 is 9.73 Å². The Morgan fingerprint density at radius 2 is 2.31 bits per heavy atom. The first kappa shape index (κ1) is 10.1. The monoisotopic (exact) mass is 236 g/mol. The standard InChI is InChI=1S/C12H13ClN2O/c1-14-6-8-4-9(13)5-10-11(8)16-12(15-10)7-2-3-7/h4-5,7,14H,2-3,6H2,1H3. The van der Waals surface area contributed by atoms with E-state index in [0.29, 0.717) is 10.9 Å². The van der Waals surface area contributed by atoms with Crippen LogP contribution < -0.4 is 5.32 Å². The maximum Gasteiger partial charge on any atom is 0.198 e. The lowest BCUT2D eigenvalue weighted by atomic mass is 10.2. The van der Waals surface area contributed by atoms with Crippen LogP contribution in [0.25, 0.3) is 11.1 Å². The molecule has 4 heteroatoms. The number of hydrogen-bond acceptors (Lipinski definition) is 3. The van der Waals surface area contributed by atoms with Crippen LogP contribution >= 0.6 is 11.6 Å². The molecule has 0 atom stereocenters. The summed E-state index contributed by atoms with van der Waals surface area (Å²) in [6.45, 7) is 0.746. The Labute approximate surface area is 98.8 Å². The number of benzene rings is 1. The molecule has 0 aliphatic heterocycles.